The van der Waals surface area contributed by atoms with E-state index in [2.05, 4.69) is 9.88 Å². The number of aromatic nitrogens is 2. The Hall–Kier alpha value is -2.61. The highest BCUT2D eigenvalue weighted by Gasteiger charge is 2.31. The van der Waals surface area contributed by atoms with Gasteiger partial charge in [0, 0.05) is 56.4 Å². The summed E-state index contributed by atoms with van der Waals surface area (Å²) >= 11 is 0. The zero-order valence-electron chi connectivity index (χ0n) is 19.9. The van der Waals surface area contributed by atoms with Crippen LogP contribution in [0.25, 0.3) is 5.69 Å². The van der Waals surface area contributed by atoms with E-state index in [-0.39, 0.29) is 11.9 Å². The number of nitrogens with zero attached hydrogens (tertiary/aromatic N) is 4. The first-order valence-corrected chi connectivity index (χ1v) is 11.9. The fourth-order valence-corrected chi connectivity index (χ4v) is 4.66. The zero-order chi connectivity index (χ0) is 23.4. The molecule has 1 saturated carbocycles. The number of hydrogen-bond acceptors (Lipinski definition) is 5. The molecule has 0 radical (unpaired) electrons. The minimum absolute atomic E-state index is 0.215. The third-order valence-electron chi connectivity index (χ3n) is 6.49. The van der Waals surface area contributed by atoms with Crippen molar-refractivity contribution in [1.29, 1.82) is 0 Å². The van der Waals surface area contributed by atoms with Gasteiger partial charge in [0.05, 0.1) is 12.9 Å². The third kappa shape index (κ3) is 6.25. The molecule has 2 aromatic rings. The van der Waals surface area contributed by atoms with Crippen LogP contribution in [-0.4, -0.2) is 69.9 Å². The van der Waals surface area contributed by atoms with Crippen LogP contribution >= 0.6 is 0 Å². The second kappa shape index (κ2) is 10.1. The number of hydrogen-bond donors (Lipinski definition) is 0. The fourth-order valence-electron chi connectivity index (χ4n) is 4.66. The molecule has 1 aliphatic carbocycles. The normalized spacial score (nSPS) is 22.2. The lowest BCUT2D eigenvalue weighted by Gasteiger charge is -2.42. The van der Waals surface area contributed by atoms with Crippen molar-refractivity contribution in [3.8, 4) is 11.4 Å². The van der Waals surface area contributed by atoms with E-state index >= 15 is 0 Å². The molecule has 1 saturated heterocycles. The van der Waals surface area contributed by atoms with E-state index in [0.29, 0.717) is 37.4 Å². The lowest BCUT2D eigenvalue weighted by atomic mass is 9.85. The largest absolute Gasteiger partial charge is 0.490 e. The molecule has 2 aliphatic rings. The quantitative estimate of drug-likeness (QED) is 0.660. The highest BCUT2D eigenvalue weighted by Crippen LogP contribution is 2.30. The molecule has 2 fully saturated rings. The van der Waals surface area contributed by atoms with E-state index in [1.54, 1.807) is 29.4 Å². The van der Waals surface area contributed by atoms with Gasteiger partial charge in [-0.1, -0.05) is 0 Å². The summed E-state index contributed by atoms with van der Waals surface area (Å²) in [4.78, 5) is 20.6. The van der Waals surface area contributed by atoms with E-state index in [1.165, 1.54) is 6.07 Å². The Bertz CT molecular complexity index is 912. The smallest absolute Gasteiger partial charge is 0.410 e. The molecule has 1 aromatic carbocycles. The van der Waals surface area contributed by atoms with Crippen LogP contribution in [0.15, 0.2) is 36.9 Å². The molecule has 7 nitrogen and oxygen atoms in total. The summed E-state index contributed by atoms with van der Waals surface area (Å²) < 4.78 is 27.6. The van der Waals surface area contributed by atoms with Crippen LogP contribution in [0.1, 0.15) is 46.5 Å². The molecule has 0 atom stereocenters. The van der Waals surface area contributed by atoms with Crippen LogP contribution in [0.3, 0.4) is 0 Å². The predicted molar refractivity (Wildman–Crippen MR) is 124 cm³/mol. The number of carbonyl (C=O) groups excluding carboxylic acids is 1. The molecule has 0 spiro atoms. The van der Waals surface area contributed by atoms with Crippen molar-refractivity contribution >= 4 is 6.09 Å². The number of rotatable bonds is 5. The van der Waals surface area contributed by atoms with Gasteiger partial charge in [0.1, 0.15) is 5.60 Å². The van der Waals surface area contributed by atoms with Gasteiger partial charge >= 0.3 is 6.09 Å². The van der Waals surface area contributed by atoms with Crippen LogP contribution in [0.4, 0.5) is 9.18 Å². The average molecular weight is 459 g/mol. The van der Waals surface area contributed by atoms with Gasteiger partial charge in [0.25, 0.3) is 0 Å². The first-order valence-electron chi connectivity index (χ1n) is 11.9. The Balaban J connectivity index is 1.19. The van der Waals surface area contributed by atoms with Crippen molar-refractivity contribution in [2.24, 2.45) is 5.92 Å². The van der Waals surface area contributed by atoms with Gasteiger partial charge in [0.15, 0.2) is 11.6 Å². The molecule has 1 aliphatic heterocycles. The number of carbonyl (C=O) groups is 1. The fraction of sp³-hybridized carbons (Fsp3) is 0.600. The van der Waals surface area contributed by atoms with Crippen molar-refractivity contribution < 1.29 is 18.7 Å². The molecule has 8 heteroatoms. The average Bonchev–Trinajstić information content (AvgIpc) is 3.33. The van der Waals surface area contributed by atoms with E-state index in [4.69, 9.17) is 9.47 Å². The number of imidazole rings is 1. The molecule has 1 amide bonds. The highest BCUT2D eigenvalue weighted by atomic mass is 19.1. The van der Waals surface area contributed by atoms with E-state index in [0.717, 1.165) is 44.5 Å². The van der Waals surface area contributed by atoms with Gasteiger partial charge in [-0.2, -0.15) is 0 Å². The Morgan fingerprint density at radius 1 is 1.12 bits per heavy atom. The van der Waals surface area contributed by atoms with Crippen LogP contribution in [0.2, 0.25) is 0 Å². The monoisotopic (exact) mass is 458 g/mol. The Labute approximate surface area is 195 Å². The lowest BCUT2D eigenvalue weighted by molar-refractivity contribution is 0.00652. The van der Waals surface area contributed by atoms with Gasteiger partial charge < -0.3 is 18.9 Å². The molecule has 0 unspecified atom stereocenters. The number of ether oxygens (including phenoxy) is 2. The maximum absolute atomic E-state index is 14.5. The van der Waals surface area contributed by atoms with Gasteiger partial charge in [-0.25, -0.2) is 14.2 Å². The van der Waals surface area contributed by atoms with E-state index in [9.17, 15) is 9.18 Å². The Morgan fingerprint density at radius 2 is 1.85 bits per heavy atom. The van der Waals surface area contributed by atoms with Crippen molar-refractivity contribution in [2.75, 3.05) is 32.8 Å². The molecular weight excluding hydrogens is 423 g/mol. The van der Waals surface area contributed by atoms with Gasteiger partial charge in [-0.3, -0.25) is 4.90 Å². The molecule has 0 N–H and O–H groups in total. The maximum Gasteiger partial charge on any atom is 0.410 e. The summed E-state index contributed by atoms with van der Waals surface area (Å²) in [7, 11) is 0. The number of amides is 1. The predicted octanol–water partition coefficient (Wildman–Crippen LogP) is 4.50. The summed E-state index contributed by atoms with van der Waals surface area (Å²) in [5.74, 6) is 0.397. The van der Waals surface area contributed by atoms with Gasteiger partial charge in [-0.05, 0) is 64.5 Å². The molecule has 180 valence electrons. The lowest BCUT2D eigenvalue weighted by Crippen LogP contribution is -2.53. The molecule has 1 aromatic heterocycles. The highest BCUT2D eigenvalue weighted by molar-refractivity contribution is 5.68. The second-order valence-corrected chi connectivity index (χ2v) is 10.1. The van der Waals surface area contributed by atoms with Crippen LogP contribution in [-0.2, 0) is 4.74 Å². The molecular formula is C25H35FN4O3. The van der Waals surface area contributed by atoms with Crippen LogP contribution in [0.5, 0.6) is 5.75 Å². The summed E-state index contributed by atoms with van der Waals surface area (Å²) in [6.07, 6.45) is 9.26. The van der Waals surface area contributed by atoms with Crippen molar-refractivity contribution in [3.63, 3.8) is 0 Å². The van der Waals surface area contributed by atoms with Crippen molar-refractivity contribution in [1.82, 2.24) is 19.4 Å². The molecule has 0 bridgehead atoms. The molecule has 33 heavy (non-hydrogen) atoms. The van der Waals surface area contributed by atoms with E-state index in [1.807, 2.05) is 31.7 Å². The number of piperazine rings is 1. The minimum atomic E-state index is -0.459. The molecule has 2 heterocycles. The summed E-state index contributed by atoms with van der Waals surface area (Å²) in [6, 6.07) is 5.56. The van der Waals surface area contributed by atoms with Gasteiger partial charge in [-0.15, -0.1) is 0 Å². The summed E-state index contributed by atoms with van der Waals surface area (Å²) in [5.41, 5.74) is 0.268. The Morgan fingerprint density at radius 3 is 2.45 bits per heavy atom. The zero-order valence-corrected chi connectivity index (χ0v) is 19.9. The minimum Gasteiger partial charge on any atom is -0.490 e. The first kappa shape index (κ1) is 23.5. The van der Waals surface area contributed by atoms with E-state index < -0.39 is 5.60 Å². The summed E-state index contributed by atoms with van der Waals surface area (Å²) in [5, 5.41) is 0. The number of halogens is 1. The van der Waals surface area contributed by atoms with Gasteiger partial charge in [0.2, 0.25) is 0 Å². The maximum atomic E-state index is 14.5. The standard InChI is InChI=1S/C25H35FN4O3/c1-25(2,3)33-24(31)29-14-12-28(13-15-29)20-6-4-19(5-7-20)17-32-23-9-8-21(16-22(23)26)30-11-10-27-18-30/h8-11,16,18-20H,4-7,12-15,17H2,1-3H3/t19-,20-. The SMILES string of the molecule is CC(C)(C)OC(=O)N1CCN([C@H]2CC[C@H](COc3ccc(-n4ccnc4)cc3F)CC2)CC1. The van der Waals surface area contributed by atoms with Crippen molar-refractivity contribution in [2.45, 2.75) is 58.1 Å². The summed E-state index contributed by atoms with van der Waals surface area (Å²) in [6.45, 7) is 9.44. The first-order chi connectivity index (χ1) is 15.8. The Kier molecular flexibility index (Phi) is 7.22. The number of benzene rings is 1. The van der Waals surface area contributed by atoms with Crippen molar-refractivity contribution in [3.05, 3.63) is 42.7 Å². The topological polar surface area (TPSA) is 59.8 Å². The van der Waals surface area contributed by atoms with Crippen LogP contribution < -0.4 is 4.74 Å². The third-order valence-corrected chi connectivity index (χ3v) is 6.49. The molecule has 4 rings (SSSR count). The second-order valence-electron chi connectivity index (χ2n) is 10.1. The van der Waals surface area contributed by atoms with Crippen LogP contribution in [0, 0.1) is 11.7 Å².